The van der Waals surface area contributed by atoms with E-state index in [2.05, 4.69) is 11.2 Å². The maximum absolute atomic E-state index is 15.0. The van der Waals surface area contributed by atoms with Gasteiger partial charge in [-0.25, -0.2) is 4.39 Å². The van der Waals surface area contributed by atoms with Gasteiger partial charge in [0.2, 0.25) is 0 Å². The Morgan fingerprint density at radius 3 is 2.24 bits per heavy atom. The second kappa shape index (κ2) is 13.3. The van der Waals surface area contributed by atoms with Crippen LogP contribution in [0.2, 0.25) is 15.1 Å². The van der Waals surface area contributed by atoms with Crippen LogP contribution in [0.25, 0.3) is 5.83 Å². The molecule has 13 heteroatoms. The molecule has 0 aliphatic rings. The summed E-state index contributed by atoms with van der Waals surface area (Å²) in [6.07, 6.45) is -4.43. The average molecular weight is 621 g/mol. The van der Waals surface area contributed by atoms with Crippen molar-refractivity contribution in [1.29, 1.82) is 0 Å². The number of amides is 1. The molecule has 0 aliphatic carbocycles. The largest absolute Gasteiger partial charge is 0.417 e. The maximum Gasteiger partial charge on any atom is 0.417 e. The number of rotatable bonds is 9. The number of benzene rings is 2. The zero-order chi connectivity index (χ0) is 28.8. The summed E-state index contributed by atoms with van der Waals surface area (Å²) in [4.78, 5) is 12.5. The van der Waals surface area contributed by atoms with E-state index in [4.69, 9.17) is 41.2 Å². The highest BCUT2D eigenvalue weighted by atomic mass is 35.5. The molecule has 2 atom stereocenters. The lowest BCUT2D eigenvalue weighted by atomic mass is 9.95. The molecule has 38 heavy (non-hydrogen) atoms. The molecule has 0 saturated heterocycles. The van der Waals surface area contributed by atoms with Crippen molar-refractivity contribution in [3.05, 3.63) is 73.7 Å². The van der Waals surface area contributed by atoms with Crippen molar-refractivity contribution < 1.29 is 35.5 Å². The molecular formula is C25H19Cl3F7NOS. The van der Waals surface area contributed by atoms with E-state index in [0.717, 1.165) is 18.2 Å². The molecule has 1 amide bonds. The molecule has 0 aromatic heterocycles. The number of allylic oxidation sites excluding steroid dienone is 1. The molecule has 0 fully saturated rings. The van der Waals surface area contributed by atoms with Crippen molar-refractivity contribution in [3.63, 3.8) is 0 Å². The van der Waals surface area contributed by atoms with Gasteiger partial charge in [0.25, 0.3) is 5.91 Å². The Morgan fingerprint density at radius 2 is 1.71 bits per heavy atom. The van der Waals surface area contributed by atoms with Gasteiger partial charge >= 0.3 is 12.4 Å². The van der Waals surface area contributed by atoms with E-state index >= 15 is 0 Å². The maximum atomic E-state index is 15.0. The fourth-order valence-corrected chi connectivity index (χ4v) is 4.72. The standard InChI is InChI=1S/C25H19Cl3F7NOS/c1-3-4-7-38-12-13(2)36-23(37)16-6-5-14(8-18(16)25(33,34)35)21(29)11-17(24(30,31)32)15-9-19(26)22(28)20(27)10-15/h1,5-6,8-11,13,17H,4,7,12H2,2H3,(H,36,37)/b21-11-. The smallest absolute Gasteiger partial charge is 0.349 e. The summed E-state index contributed by atoms with van der Waals surface area (Å²) in [6, 6.07) is 2.92. The van der Waals surface area contributed by atoms with E-state index in [-0.39, 0.29) is 27.2 Å². The molecule has 0 bridgehead atoms. The van der Waals surface area contributed by atoms with Gasteiger partial charge in [-0.1, -0.05) is 40.9 Å². The third-order valence-electron chi connectivity index (χ3n) is 5.01. The summed E-state index contributed by atoms with van der Waals surface area (Å²) in [6.45, 7) is 1.58. The van der Waals surface area contributed by atoms with E-state index in [1.54, 1.807) is 6.92 Å². The number of hydrogen-bond donors (Lipinski definition) is 1. The van der Waals surface area contributed by atoms with Crippen molar-refractivity contribution in [2.45, 2.75) is 37.7 Å². The first-order valence-electron chi connectivity index (χ1n) is 10.7. The molecule has 2 aromatic rings. The molecule has 0 saturated carbocycles. The number of terminal acetylenes is 1. The quantitative estimate of drug-likeness (QED) is 0.131. The van der Waals surface area contributed by atoms with Crippen LogP contribution in [-0.2, 0) is 6.18 Å². The average Bonchev–Trinajstić information content (AvgIpc) is 2.81. The van der Waals surface area contributed by atoms with Crippen LogP contribution < -0.4 is 5.32 Å². The van der Waals surface area contributed by atoms with E-state index in [1.165, 1.54) is 11.8 Å². The molecule has 0 heterocycles. The summed E-state index contributed by atoms with van der Waals surface area (Å²) >= 11 is 18.7. The second-order valence-electron chi connectivity index (χ2n) is 7.99. The Balaban J connectivity index is 2.43. The molecular weight excluding hydrogens is 602 g/mol. The number of halogens is 10. The lowest BCUT2D eigenvalue weighted by molar-refractivity contribution is -0.140. The normalized spacial score (nSPS) is 14.1. The van der Waals surface area contributed by atoms with Gasteiger partial charge < -0.3 is 5.32 Å². The SMILES string of the molecule is C#CCCSCC(C)NC(=O)c1ccc(/C(F)=C/C(c2cc(Cl)c(Cl)c(Cl)c2)C(F)(F)F)cc1C(F)(F)F. The Kier molecular flexibility index (Phi) is 11.3. The van der Waals surface area contributed by atoms with Crippen LogP contribution in [0.1, 0.15) is 46.3 Å². The molecule has 2 unspecified atom stereocenters. The van der Waals surface area contributed by atoms with Gasteiger partial charge in [0.1, 0.15) is 11.7 Å². The van der Waals surface area contributed by atoms with Gasteiger partial charge in [-0.3, -0.25) is 4.79 Å². The number of alkyl halides is 6. The monoisotopic (exact) mass is 619 g/mol. The molecule has 2 aromatic carbocycles. The van der Waals surface area contributed by atoms with Crippen molar-refractivity contribution >= 4 is 58.3 Å². The Labute approximate surface area is 233 Å². The van der Waals surface area contributed by atoms with Crippen molar-refractivity contribution in [1.82, 2.24) is 5.32 Å². The number of hydrogen-bond acceptors (Lipinski definition) is 2. The zero-order valence-electron chi connectivity index (χ0n) is 19.4. The van der Waals surface area contributed by atoms with Gasteiger partial charge in [0, 0.05) is 29.5 Å². The van der Waals surface area contributed by atoms with Crippen LogP contribution in [0.3, 0.4) is 0 Å². The van der Waals surface area contributed by atoms with E-state index in [9.17, 15) is 35.5 Å². The van der Waals surface area contributed by atoms with Crippen molar-refractivity contribution in [2.24, 2.45) is 0 Å². The third-order valence-corrected chi connectivity index (χ3v) is 7.44. The summed E-state index contributed by atoms with van der Waals surface area (Å²) in [7, 11) is 0. The van der Waals surface area contributed by atoms with Gasteiger partial charge in [0.05, 0.1) is 26.2 Å². The first kappa shape index (κ1) is 32.2. The first-order chi connectivity index (χ1) is 17.6. The van der Waals surface area contributed by atoms with E-state index in [1.807, 2.05) is 0 Å². The summed E-state index contributed by atoms with van der Waals surface area (Å²) in [5.41, 5.74) is -3.71. The molecule has 1 N–H and O–H groups in total. The molecule has 0 aliphatic heterocycles. The van der Waals surface area contributed by atoms with Gasteiger partial charge in [0.15, 0.2) is 0 Å². The van der Waals surface area contributed by atoms with Gasteiger partial charge in [-0.2, -0.15) is 38.1 Å². The lowest BCUT2D eigenvalue weighted by Gasteiger charge is -2.19. The topological polar surface area (TPSA) is 29.1 Å². The number of thioether (sulfide) groups is 1. The summed E-state index contributed by atoms with van der Waals surface area (Å²) in [5.74, 6) is -1.88. The minimum absolute atomic E-state index is 0.0978. The summed E-state index contributed by atoms with van der Waals surface area (Å²) in [5, 5.41) is 1.56. The Morgan fingerprint density at radius 1 is 1.11 bits per heavy atom. The number of carbonyl (C=O) groups excluding carboxylic acids is 1. The van der Waals surface area contributed by atoms with Gasteiger partial charge in [-0.05, 0) is 42.8 Å². The van der Waals surface area contributed by atoms with Crippen molar-refractivity contribution in [3.8, 4) is 12.3 Å². The molecule has 0 radical (unpaired) electrons. The Bertz CT molecular complexity index is 1220. The first-order valence-corrected chi connectivity index (χ1v) is 13.0. The Hall–Kier alpha value is -2.06. The fraction of sp³-hybridized carbons (Fsp3) is 0.320. The minimum atomic E-state index is -5.10. The minimum Gasteiger partial charge on any atom is -0.349 e. The molecule has 0 spiro atoms. The summed E-state index contributed by atoms with van der Waals surface area (Å²) < 4.78 is 97.5. The highest BCUT2D eigenvalue weighted by molar-refractivity contribution is 7.99. The highest BCUT2D eigenvalue weighted by Crippen LogP contribution is 2.42. The fourth-order valence-electron chi connectivity index (χ4n) is 3.24. The molecule has 2 rings (SSSR count). The molecule has 2 nitrogen and oxygen atoms in total. The zero-order valence-corrected chi connectivity index (χ0v) is 22.5. The van der Waals surface area contributed by atoms with Crippen LogP contribution in [0.15, 0.2) is 36.4 Å². The number of carbonyl (C=O) groups is 1. The molecule has 206 valence electrons. The lowest BCUT2D eigenvalue weighted by Crippen LogP contribution is -2.35. The van der Waals surface area contributed by atoms with E-state index < -0.39 is 58.3 Å². The van der Waals surface area contributed by atoms with Crippen molar-refractivity contribution in [2.75, 3.05) is 11.5 Å². The van der Waals surface area contributed by atoms with E-state index in [0.29, 0.717) is 24.0 Å². The predicted octanol–water partition coefficient (Wildman–Crippen LogP) is 9.20. The van der Waals surface area contributed by atoms with Gasteiger partial charge in [-0.15, -0.1) is 12.3 Å². The van der Waals surface area contributed by atoms with Crippen LogP contribution in [-0.4, -0.2) is 29.6 Å². The number of nitrogens with one attached hydrogen (secondary N) is 1. The second-order valence-corrected chi connectivity index (χ2v) is 10.3. The van der Waals surface area contributed by atoms with Crippen LogP contribution in [0.5, 0.6) is 0 Å². The predicted molar refractivity (Wildman–Crippen MR) is 139 cm³/mol. The van der Waals surface area contributed by atoms with Crippen LogP contribution in [0.4, 0.5) is 30.7 Å². The van der Waals surface area contributed by atoms with Crippen LogP contribution in [0, 0.1) is 12.3 Å². The van der Waals surface area contributed by atoms with Crippen LogP contribution >= 0.6 is 46.6 Å². The third kappa shape index (κ3) is 8.73. The highest BCUT2D eigenvalue weighted by Gasteiger charge is 2.41.